The summed E-state index contributed by atoms with van der Waals surface area (Å²) in [7, 11) is 0. The first-order valence-electron chi connectivity index (χ1n) is 5.68. The van der Waals surface area contributed by atoms with Gasteiger partial charge in [0.05, 0.1) is 11.4 Å². The van der Waals surface area contributed by atoms with E-state index in [1.807, 2.05) is 24.3 Å². The van der Waals surface area contributed by atoms with Crippen LogP contribution in [0.2, 0.25) is 5.02 Å². The van der Waals surface area contributed by atoms with Gasteiger partial charge in [-0.3, -0.25) is 0 Å². The predicted octanol–water partition coefficient (Wildman–Crippen LogP) is 3.72. The molecule has 2 nitrogen and oxygen atoms in total. The van der Waals surface area contributed by atoms with E-state index in [1.165, 1.54) is 17.7 Å². The molecule has 4 heteroatoms. The maximum atomic E-state index is 12.9. The van der Waals surface area contributed by atoms with Gasteiger partial charge in [-0.2, -0.15) is 0 Å². The Bertz CT molecular complexity index is 526. The molecule has 18 heavy (non-hydrogen) atoms. The van der Waals surface area contributed by atoms with Gasteiger partial charge in [-0.25, -0.2) is 4.39 Å². The minimum absolute atomic E-state index is 0.323. The smallest absolute Gasteiger partial charge is 0.125 e. The number of hydrogen-bond donors (Lipinski definition) is 2. The number of nitrogens with one attached hydrogen (secondary N) is 1. The van der Waals surface area contributed by atoms with E-state index in [0.29, 0.717) is 5.69 Å². The lowest BCUT2D eigenvalue weighted by Crippen LogP contribution is -2.07. The van der Waals surface area contributed by atoms with Crippen molar-refractivity contribution < 1.29 is 4.39 Å². The quantitative estimate of drug-likeness (QED) is 0.826. The zero-order valence-electron chi connectivity index (χ0n) is 9.79. The summed E-state index contributed by atoms with van der Waals surface area (Å²) in [4.78, 5) is 0. The fraction of sp³-hybridized carbons (Fsp3) is 0.143. The highest BCUT2D eigenvalue weighted by molar-refractivity contribution is 6.30. The van der Waals surface area contributed by atoms with Gasteiger partial charge >= 0.3 is 0 Å². The molecule has 94 valence electrons. The normalized spacial score (nSPS) is 10.3. The molecule has 0 unspecified atom stereocenters. The van der Waals surface area contributed by atoms with Crippen molar-refractivity contribution >= 4 is 23.0 Å². The lowest BCUT2D eigenvalue weighted by atomic mass is 10.1. The molecule has 2 aromatic rings. The van der Waals surface area contributed by atoms with Crippen molar-refractivity contribution in [3.8, 4) is 0 Å². The molecule has 0 bridgehead atoms. The summed E-state index contributed by atoms with van der Waals surface area (Å²) >= 11 is 5.81. The van der Waals surface area contributed by atoms with Crippen LogP contribution in [0.3, 0.4) is 0 Å². The Labute approximate surface area is 111 Å². The SMILES string of the molecule is Nc1cc(F)ccc1NCCc1ccc(Cl)cc1. The molecular formula is C14H14ClFN2. The number of nitrogen functional groups attached to an aromatic ring is 1. The van der Waals surface area contributed by atoms with Crippen molar-refractivity contribution in [3.05, 3.63) is 58.9 Å². The first kappa shape index (κ1) is 12.7. The molecule has 0 aromatic heterocycles. The van der Waals surface area contributed by atoms with Crippen LogP contribution in [-0.2, 0) is 6.42 Å². The Kier molecular flexibility index (Phi) is 4.05. The second kappa shape index (κ2) is 5.74. The molecule has 3 N–H and O–H groups in total. The predicted molar refractivity (Wildman–Crippen MR) is 74.5 cm³/mol. The maximum absolute atomic E-state index is 12.9. The van der Waals surface area contributed by atoms with Crippen molar-refractivity contribution in [2.45, 2.75) is 6.42 Å². The first-order valence-corrected chi connectivity index (χ1v) is 6.06. The van der Waals surface area contributed by atoms with Crippen LogP contribution in [0.15, 0.2) is 42.5 Å². The van der Waals surface area contributed by atoms with Gasteiger partial charge in [0.2, 0.25) is 0 Å². The third kappa shape index (κ3) is 3.37. The summed E-state index contributed by atoms with van der Waals surface area (Å²) < 4.78 is 12.9. The molecule has 0 heterocycles. The van der Waals surface area contributed by atoms with E-state index >= 15 is 0 Å². The number of rotatable bonds is 4. The zero-order chi connectivity index (χ0) is 13.0. The highest BCUT2D eigenvalue weighted by atomic mass is 35.5. The average molecular weight is 265 g/mol. The molecule has 0 aliphatic carbocycles. The van der Waals surface area contributed by atoms with Gasteiger partial charge in [0.1, 0.15) is 5.82 Å². The molecule has 2 rings (SSSR count). The molecule has 0 aliphatic heterocycles. The minimum Gasteiger partial charge on any atom is -0.397 e. The van der Waals surface area contributed by atoms with E-state index in [4.69, 9.17) is 17.3 Å². The van der Waals surface area contributed by atoms with Gasteiger partial charge in [0, 0.05) is 11.6 Å². The summed E-state index contributed by atoms with van der Waals surface area (Å²) in [5.41, 5.74) is 8.07. The van der Waals surface area contributed by atoms with E-state index in [0.717, 1.165) is 23.7 Å². The monoisotopic (exact) mass is 264 g/mol. The van der Waals surface area contributed by atoms with Crippen molar-refractivity contribution in [1.82, 2.24) is 0 Å². The fourth-order valence-electron chi connectivity index (χ4n) is 1.69. The van der Waals surface area contributed by atoms with Crippen LogP contribution in [-0.4, -0.2) is 6.54 Å². The van der Waals surface area contributed by atoms with Gasteiger partial charge in [-0.15, -0.1) is 0 Å². The summed E-state index contributed by atoms with van der Waals surface area (Å²) in [5, 5.41) is 3.91. The lowest BCUT2D eigenvalue weighted by Gasteiger charge is -2.09. The Balaban J connectivity index is 1.90. The van der Waals surface area contributed by atoms with Gasteiger partial charge in [-0.05, 0) is 42.3 Å². The van der Waals surface area contributed by atoms with Crippen molar-refractivity contribution in [3.63, 3.8) is 0 Å². The topological polar surface area (TPSA) is 38.0 Å². The van der Waals surface area contributed by atoms with E-state index in [1.54, 1.807) is 6.07 Å². The van der Waals surface area contributed by atoms with Crippen LogP contribution in [0.1, 0.15) is 5.56 Å². The molecule has 0 atom stereocenters. The zero-order valence-corrected chi connectivity index (χ0v) is 10.5. The summed E-state index contributed by atoms with van der Waals surface area (Å²) in [6.07, 6.45) is 0.855. The molecule has 0 saturated heterocycles. The van der Waals surface area contributed by atoms with Crippen molar-refractivity contribution in [1.29, 1.82) is 0 Å². The molecular weight excluding hydrogens is 251 g/mol. The molecule has 0 spiro atoms. The number of hydrogen-bond acceptors (Lipinski definition) is 2. The number of anilines is 2. The summed E-state index contributed by atoms with van der Waals surface area (Å²) in [5.74, 6) is -0.323. The molecule has 0 saturated carbocycles. The van der Waals surface area contributed by atoms with E-state index < -0.39 is 0 Å². The van der Waals surface area contributed by atoms with E-state index in [-0.39, 0.29) is 5.82 Å². The standard InChI is InChI=1S/C14H14ClFN2/c15-11-3-1-10(2-4-11)7-8-18-14-6-5-12(16)9-13(14)17/h1-6,9,18H,7-8,17H2. The van der Waals surface area contributed by atoms with E-state index in [9.17, 15) is 4.39 Å². The van der Waals surface area contributed by atoms with Crippen LogP contribution in [0, 0.1) is 5.82 Å². The Morgan fingerprint density at radius 3 is 2.50 bits per heavy atom. The largest absolute Gasteiger partial charge is 0.397 e. The van der Waals surface area contributed by atoms with Crippen LogP contribution < -0.4 is 11.1 Å². The maximum Gasteiger partial charge on any atom is 0.125 e. The number of halogens is 2. The Hall–Kier alpha value is -1.74. The average Bonchev–Trinajstić information content (AvgIpc) is 2.34. The third-order valence-electron chi connectivity index (χ3n) is 2.66. The van der Waals surface area contributed by atoms with Gasteiger partial charge < -0.3 is 11.1 Å². The summed E-state index contributed by atoms with van der Waals surface area (Å²) in [6.45, 7) is 0.734. The van der Waals surface area contributed by atoms with Crippen LogP contribution in [0.25, 0.3) is 0 Å². The van der Waals surface area contributed by atoms with Gasteiger partial charge in [0.15, 0.2) is 0 Å². The van der Waals surface area contributed by atoms with Gasteiger partial charge in [0.25, 0.3) is 0 Å². The van der Waals surface area contributed by atoms with Crippen LogP contribution in [0.5, 0.6) is 0 Å². The number of benzene rings is 2. The second-order valence-electron chi connectivity index (χ2n) is 4.03. The van der Waals surface area contributed by atoms with Crippen molar-refractivity contribution in [2.75, 3.05) is 17.6 Å². The molecule has 0 amide bonds. The first-order chi connectivity index (χ1) is 8.65. The molecule has 2 aromatic carbocycles. The fourth-order valence-corrected chi connectivity index (χ4v) is 1.81. The highest BCUT2D eigenvalue weighted by Gasteiger charge is 2.00. The number of nitrogens with two attached hydrogens (primary N) is 1. The molecule has 0 radical (unpaired) electrons. The van der Waals surface area contributed by atoms with Crippen molar-refractivity contribution in [2.24, 2.45) is 0 Å². The molecule has 0 aliphatic rings. The molecule has 0 fully saturated rings. The summed E-state index contributed by atoms with van der Waals surface area (Å²) in [6, 6.07) is 12.0. The second-order valence-corrected chi connectivity index (χ2v) is 4.47. The van der Waals surface area contributed by atoms with E-state index in [2.05, 4.69) is 5.32 Å². The highest BCUT2D eigenvalue weighted by Crippen LogP contribution is 2.19. The Morgan fingerprint density at radius 2 is 1.83 bits per heavy atom. The van der Waals surface area contributed by atoms with Crippen LogP contribution in [0.4, 0.5) is 15.8 Å². The van der Waals surface area contributed by atoms with Gasteiger partial charge in [-0.1, -0.05) is 23.7 Å². The van der Waals surface area contributed by atoms with Crippen LogP contribution >= 0.6 is 11.6 Å². The minimum atomic E-state index is -0.323. The Morgan fingerprint density at radius 1 is 1.11 bits per heavy atom. The lowest BCUT2D eigenvalue weighted by molar-refractivity contribution is 0.628. The third-order valence-corrected chi connectivity index (χ3v) is 2.91.